The number of hydrogen-bond acceptors (Lipinski definition) is 3. The number of nitrogen functional groups attached to an aromatic ring is 1. The number of halogens is 1. The molecule has 0 aliphatic rings. The zero-order chi connectivity index (χ0) is 18.0. The number of nitrogens with one attached hydrogen (secondary N) is 1. The number of anilines is 2. The van der Waals surface area contributed by atoms with E-state index in [0.29, 0.717) is 16.4 Å². The summed E-state index contributed by atoms with van der Waals surface area (Å²) in [5, 5.41) is 5.48. The lowest BCUT2D eigenvalue weighted by Gasteiger charge is -2.14. The van der Waals surface area contributed by atoms with Crippen molar-refractivity contribution in [2.45, 2.75) is 12.8 Å². The maximum Gasteiger partial charge on any atom is 0.231 e. The van der Waals surface area contributed by atoms with Gasteiger partial charge in [0.15, 0.2) is 0 Å². The lowest BCUT2D eigenvalue weighted by atomic mass is 9.97. The van der Waals surface area contributed by atoms with Gasteiger partial charge in [-0.15, -0.1) is 0 Å². The van der Waals surface area contributed by atoms with Crippen LogP contribution in [0.4, 0.5) is 11.4 Å². The van der Waals surface area contributed by atoms with Crippen molar-refractivity contribution in [2.75, 3.05) is 18.2 Å². The van der Waals surface area contributed by atoms with Crippen LogP contribution in [0.3, 0.4) is 0 Å². The number of nitrogens with two attached hydrogens (primary N) is 1. The normalized spacial score (nSPS) is 12.0. The van der Waals surface area contributed by atoms with Gasteiger partial charge in [0, 0.05) is 5.69 Å². The molecule has 1 amide bonds. The van der Waals surface area contributed by atoms with Crippen molar-refractivity contribution in [2.24, 2.45) is 0 Å². The molecule has 25 heavy (non-hydrogen) atoms. The molecule has 3 N–H and O–H groups in total. The fourth-order valence-corrected chi connectivity index (χ4v) is 2.78. The lowest BCUT2D eigenvalue weighted by molar-refractivity contribution is -0.117. The van der Waals surface area contributed by atoms with Crippen LogP contribution in [-0.2, 0) is 4.79 Å². The van der Waals surface area contributed by atoms with Gasteiger partial charge in [0.1, 0.15) is 5.75 Å². The van der Waals surface area contributed by atoms with Crippen molar-refractivity contribution in [3.63, 3.8) is 0 Å². The molecule has 0 bridgehead atoms. The zero-order valence-electron chi connectivity index (χ0n) is 14.0. The molecule has 3 aromatic rings. The molecule has 5 heteroatoms. The van der Waals surface area contributed by atoms with E-state index in [1.165, 1.54) is 0 Å². The summed E-state index contributed by atoms with van der Waals surface area (Å²) in [5.41, 5.74) is 7.78. The molecule has 0 saturated heterocycles. The Balaban J connectivity index is 1.81. The van der Waals surface area contributed by atoms with Gasteiger partial charge in [0.25, 0.3) is 0 Å². The molecule has 0 aliphatic heterocycles. The van der Waals surface area contributed by atoms with E-state index in [-0.39, 0.29) is 11.8 Å². The molecule has 0 aromatic heterocycles. The number of amides is 1. The summed E-state index contributed by atoms with van der Waals surface area (Å²) >= 11 is 5.91. The highest BCUT2D eigenvalue weighted by Crippen LogP contribution is 2.27. The van der Waals surface area contributed by atoms with Crippen LogP contribution in [0.2, 0.25) is 5.02 Å². The minimum atomic E-state index is -0.302. The fourth-order valence-electron chi connectivity index (χ4n) is 2.66. The second-order valence-electron chi connectivity index (χ2n) is 5.92. The summed E-state index contributed by atoms with van der Waals surface area (Å²) < 4.78 is 5.24. The lowest BCUT2D eigenvalue weighted by Crippen LogP contribution is -2.18. The molecule has 4 nitrogen and oxygen atoms in total. The molecule has 1 unspecified atom stereocenters. The molecule has 3 aromatic carbocycles. The first-order valence-electron chi connectivity index (χ1n) is 7.91. The first kappa shape index (κ1) is 17.1. The topological polar surface area (TPSA) is 64.3 Å². The Morgan fingerprint density at radius 3 is 2.52 bits per heavy atom. The molecule has 0 heterocycles. The number of ether oxygens (including phenoxy) is 1. The fraction of sp³-hybridized carbons (Fsp3) is 0.150. The number of benzene rings is 3. The van der Waals surface area contributed by atoms with Gasteiger partial charge in [-0.25, -0.2) is 0 Å². The second-order valence-corrected chi connectivity index (χ2v) is 6.33. The Hall–Kier alpha value is -2.72. The predicted octanol–water partition coefficient (Wildman–Crippen LogP) is 4.83. The van der Waals surface area contributed by atoms with Gasteiger partial charge in [-0.2, -0.15) is 0 Å². The van der Waals surface area contributed by atoms with Crippen molar-refractivity contribution in [3.8, 4) is 5.75 Å². The van der Waals surface area contributed by atoms with Crippen molar-refractivity contribution in [1.29, 1.82) is 0 Å². The molecule has 128 valence electrons. The third kappa shape index (κ3) is 3.69. The molecular weight excluding hydrogens is 336 g/mol. The highest BCUT2D eigenvalue weighted by Gasteiger charge is 2.16. The largest absolute Gasteiger partial charge is 0.497 e. The standard InChI is InChI=1S/C20H19ClN2O2/c1-12(20(24)23-16-6-8-18(21)19(22)11-16)13-3-4-15-10-17(25-2)7-5-14(15)9-13/h3-12H,22H2,1-2H3,(H,23,24). The molecular formula is C20H19ClN2O2. The van der Waals surface area contributed by atoms with Crippen molar-refractivity contribution >= 4 is 39.7 Å². The summed E-state index contributed by atoms with van der Waals surface area (Å²) in [5.74, 6) is 0.407. The number of hydrogen-bond donors (Lipinski definition) is 2. The average molecular weight is 355 g/mol. The Kier molecular flexibility index (Phi) is 4.81. The van der Waals surface area contributed by atoms with Crippen LogP contribution in [0.1, 0.15) is 18.4 Å². The SMILES string of the molecule is COc1ccc2cc(C(C)C(=O)Nc3ccc(Cl)c(N)c3)ccc2c1. The summed E-state index contributed by atoms with van der Waals surface area (Å²) in [6, 6.07) is 16.9. The Morgan fingerprint density at radius 1 is 1.08 bits per heavy atom. The average Bonchev–Trinajstić information content (AvgIpc) is 2.63. The summed E-state index contributed by atoms with van der Waals surface area (Å²) in [6.45, 7) is 1.87. The van der Waals surface area contributed by atoms with Gasteiger partial charge >= 0.3 is 0 Å². The van der Waals surface area contributed by atoms with Crippen LogP contribution < -0.4 is 15.8 Å². The van der Waals surface area contributed by atoms with E-state index in [9.17, 15) is 4.79 Å². The highest BCUT2D eigenvalue weighted by molar-refractivity contribution is 6.33. The first-order valence-corrected chi connectivity index (χ1v) is 8.29. The van der Waals surface area contributed by atoms with E-state index < -0.39 is 0 Å². The zero-order valence-corrected chi connectivity index (χ0v) is 14.8. The highest BCUT2D eigenvalue weighted by atomic mass is 35.5. The van der Waals surface area contributed by atoms with Crippen LogP contribution in [-0.4, -0.2) is 13.0 Å². The van der Waals surface area contributed by atoms with Crippen LogP contribution in [0, 0.1) is 0 Å². The first-order chi connectivity index (χ1) is 12.0. The number of rotatable bonds is 4. The van der Waals surface area contributed by atoms with Crippen LogP contribution in [0.25, 0.3) is 10.8 Å². The van der Waals surface area contributed by atoms with Crippen molar-refractivity contribution in [3.05, 3.63) is 65.2 Å². The van der Waals surface area contributed by atoms with Gasteiger partial charge in [-0.1, -0.05) is 35.9 Å². The monoisotopic (exact) mass is 354 g/mol. The van der Waals surface area contributed by atoms with Crippen LogP contribution in [0.15, 0.2) is 54.6 Å². The minimum Gasteiger partial charge on any atom is -0.497 e. The molecule has 0 radical (unpaired) electrons. The third-order valence-corrected chi connectivity index (χ3v) is 4.57. The van der Waals surface area contributed by atoms with Crippen LogP contribution >= 0.6 is 11.6 Å². The molecule has 0 aliphatic carbocycles. The van der Waals surface area contributed by atoms with Gasteiger partial charge in [-0.05, 0) is 53.6 Å². The quantitative estimate of drug-likeness (QED) is 0.660. The number of methoxy groups -OCH3 is 1. The van der Waals surface area contributed by atoms with Gasteiger partial charge in [0.2, 0.25) is 5.91 Å². The minimum absolute atomic E-state index is 0.102. The number of fused-ring (bicyclic) bond motifs is 1. The third-order valence-electron chi connectivity index (χ3n) is 4.23. The summed E-state index contributed by atoms with van der Waals surface area (Å²) in [7, 11) is 1.64. The van der Waals surface area contributed by atoms with Gasteiger partial charge in [0.05, 0.1) is 23.7 Å². The number of carbonyl (C=O) groups excluding carboxylic acids is 1. The van der Waals surface area contributed by atoms with E-state index >= 15 is 0 Å². The maximum absolute atomic E-state index is 12.5. The number of carbonyl (C=O) groups is 1. The van der Waals surface area contributed by atoms with E-state index in [1.807, 2.05) is 43.3 Å². The maximum atomic E-state index is 12.5. The smallest absolute Gasteiger partial charge is 0.231 e. The van der Waals surface area contributed by atoms with Crippen LogP contribution in [0.5, 0.6) is 5.75 Å². The van der Waals surface area contributed by atoms with E-state index in [2.05, 4.69) is 5.32 Å². The second kappa shape index (κ2) is 7.03. The van der Waals surface area contributed by atoms with E-state index in [4.69, 9.17) is 22.1 Å². The van der Waals surface area contributed by atoms with Crippen molar-refractivity contribution < 1.29 is 9.53 Å². The van der Waals surface area contributed by atoms with Crippen molar-refractivity contribution in [1.82, 2.24) is 0 Å². The van der Waals surface area contributed by atoms with E-state index in [1.54, 1.807) is 25.3 Å². The molecule has 0 saturated carbocycles. The van der Waals surface area contributed by atoms with Gasteiger partial charge < -0.3 is 15.8 Å². The van der Waals surface area contributed by atoms with E-state index in [0.717, 1.165) is 22.1 Å². The molecule has 1 atom stereocenters. The predicted molar refractivity (Wildman–Crippen MR) is 103 cm³/mol. The summed E-state index contributed by atoms with van der Waals surface area (Å²) in [6.07, 6.45) is 0. The Labute approximate surface area is 151 Å². The Morgan fingerprint density at radius 2 is 1.80 bits per heavy atom. The summed E-state index contributed by atoms with van der Waals surface area (Å²) in [4.78, 5) is 12.5. The molecule has 0 spiro atoms. The molecule has 3 rings (SSSR count). The molecule has 0 fully saturated rings. The Bertz CT molecular complexity index is 940. The van der Waals surface area contributed by atoms with Gasteiger partial charge in [-0.3, -0.25) is 4.79 Å².